The molecule has 1 amide bonds. The summed E-state index contributed by atoms with van der Waals surface area (Å²) in [4.78, 5) is 24.2. The molecule has 28 heavy (non-hydrogen) atoms. The maximum absolute atomic E-state index is 12.4. The molecular formula is C20H20ClNO6. The number of rotatable bonds is 6. The second-order valence-corrected chi connectivity index (χ2v) is 6.57. The highest BCUT2D eigenvalue weighted by molar-refractivity contribution is 6.32. The van der Waals surface area contributed by atoms with Gasteiger partial charge in [-0.2, -0.15) is 0 Å². The van der Waals surface area contributed by atoms with E-state index in [1.807, 2.05) is 0 Å². The molecule has 0 radical (unpaired) electrons. The Bertz CT molecular complexity index is 914. The van der Waals surface area contributed by atoms with Crippen LogP contribution in [0.3, 0.4) is 0 Å². The molecule has 0 bridgehead atoms. The van der Waals surface area contributed by atoms with Crippen molar-refractivity contribution in [2.24, 2.45) is 0 Å². The number of carbonyl (C=O) groups is 2. The predicted octanol–water partition coefficient (Wildman–Crippen LogP) is 2.88. The summed E-state index contributed by atoms with van der Waals surface area (Å²) in [5, 5.41) is 3.18. The Morgan fingerprint density at radius 1 is 1.11 bits per heavy atom. The molecule has 1 unspecified atom stereocenters. The van der Waals surface area contributed by atoms with Crippen molar-refractivity contribution in [2.75, 3.05) is 27.9 Å². The highest BCUT2D eigenvalue weighted by Gasteiger charge is 2.27. The van der Waals surface area contributed by atoms with Gasteiger partial charge in [0.25, 0.3) is 5.91 Å². The lowest BCUT2D eigenvalue weighted by atomic mass is 10.1. The van der Waals surface area contributed by atoms with Crippen LogP contribution in [-0.2, 0) is 11.2 Å². The van der Waals surface area contributed by atoms with Crippen molar-refractivity contribution in [3.05, 3.63) is 52.0 Å². The van der Waals surface area contributed by atoms with Crippen molar-refractivity contribution in [1.29, 1.82) is 0 Å². The van der Waals surface area contributed by atoms with Crippen LogP contribution in [0.1, 0.15) is 26.3 Å². The van der Waals surface area contributed by atoms with Crippen LogP contribution in [-0.4, -0.2) is 45.9 Å². The number of fused-ring (bicyclic) bond motifs is 1. The van der Waals surface area contributed by atoms with Gasteiger partial charge in [-0.25, -0.2) is 4.79 Å². The average molecular weight is 406 g/mol. The Morgan fingerprint density at radius 2 is 1.86 bits per heavy atom. The molecule has 2 aromatic rings. The fraction of sp³-hybridized carbons (Fsp3) is 0.300. The molecule has 0 spiro atoms. The summed E-state index contributed by atoms with van der Waals surface area (Å²) in [6, 6.07) is 8.14. The third kappa shape index (κ3) is 3.99. The van der Waals surface area contributed by atoms with Gasteiger partial charge in [0.1, 0.15) is 11.9 Å². The van der Waals surface area contributed by atoms with E-state index < -0.39 is 5.97 Å². The molecule has 0 saturated heterocycles. The molecule has 1 N–H and O–H groups in total. The molecule has 2 aromatic carbocycles. The summed E-state index contributed by atoms with van der Waals surface area (Å²) in [6.07, 6.45) is 0.232. The zero-order chi connectivity index (χ0) is 20.3. The van der Waals surface area contributed by atoms with E-state index in [0.29, 0.717) is 39.8 Å². The number of esters is 1. The highest BCUT2D eigenvalue weighted by Crippen LogP contribution is 2.37. The van der Waals surface area contributed by atoms with E-state index in [2.05, 4.69) is 5.32 Å². The third-order valence-corrected chi connectivity index (χ3v) is 4.69. The standard InChI is InChI=1S/C20H20ClNO6/c1-25-16-5-4-11(9-17(16)26-2)19(23)22-10-14-7-12-6-13(20(24)27-3)8-15(21)18(12)28-14/h4-6,8-9,14H,7,10H2,1-3H3,(H,22,23). The molecule has 7 nitrogen and oxygen atoms in total. The lowest BCUT2D eigenvalue weighted by Crippen LogP contribution is -2.34. The zero-order valence-electron chi connectivity index (χ0n) is 15.7. The zero-order valence-corrected chi connectivity index (χ0v) is 16.5. The van der Waals surface area contributed by atoms with E-state index in [-0.39, 0.29) is 18.6 Å². The van der Waals surface area contributed by atoms with Gasteiger partial charge in [-0.05, 0) is 30.3 Å². The first-order chi connectivity index (χ1) is 13.5. The van der Waals surface area contributed by atoms with Gasteiger partial charge in [-0.3, -0.25) is 4.79 Å². The number of nitrogens with one attached hydrogen (secondary N) is 1. The first-order valence-electron chi connectivity index (χ1n) is 8.54. The SMILES string of the molecule is COC(=O)c1cc(Cl)c2c(c1)CC(CNC(=O)c1ccc(OC)c(OC)c1)O2. The number of ether oxygens (including phenoxy) is 4. The van der Waals surface area contributed by atoms with Gasteiger partial charge in [0, 0.05) is 17.5 Å². The van der Waals surface area contributed by atoms with E-state index in [4.69, 9.17) is 30.5 Å². The summed E-state index contributed by atoms with van der Waals surface area (Å²) in [7, 11) is 4.35. The molecule has 1 aliphatic heterocycles. The Hall–Kier alpha value is -2.93. The lowest BCUT2D eigenvalue weighted by Gasteiger charge is -2.13. The molecule has 0 fully saturated rings. The Morgan fingerprint density at radius 3 is 2.54 bits per heavy atom. The molecule has 0 aliphatic carbocycles. The van der Waals surface area contributed by atoms with Crippen molar-refractivity contribution >= 4 is 23.5 Å². The second-order valence-electron chi connectivity index (χ2n) is 6.16. The van der Waals surface area contributed by atoms with E-state index in [9.17, 15) is 9.59 Å². The van der Waals surface area contributed by atoms with Gasteiger partial charge in [0.2, 0.25) is 0 Å². The number of halogens is 1. The van der Waals surface area contributed by atoms with Gasteiger partial charge >= 0.3 is 5.97 Å². The minimum Gasteiger partial charge on any atom is -0.493 e. The van der Waals surface area contributed by atoms with E-state index in [0.717, 1.165) is 5.56 Å². The van der Waals surface area contributed by atoms with Crippen LogP contribution >= 0.6 is 11.6 Å². The van der Waals surface area contributed by atoms with E-state index >= 15 is 0 Å². The van der Waals surface area contributed by atoms with Crippen molar-refractivity contribution in [1.82, 2.24) is 5.32 Å². The normalized spacial score (nSPS) is 14.6. The number of carbonyl (C=O) groups excluding carboxylic acids is 2. The summed E-state index contributed by atoms with van der Waals surface area (Å²) in [5.41, 5.74) is 1.61. The first-order valence-corrected chi connectivity index (χ1v) is 8.92. The van der Waals surface area contributed by atoms with Crippen LogP contribution < -0.4 is 19.5 Å². The topological polar surface area (TPSA) is 83.1 Å². The number of benzene rings is 2. The van der Waals surface area contributed by atoms with Crippen molar-refractivity contribution in [3.8, 4) is 17.2 Å². The molecule has 0 aromatic heterocycles. The van der Waals surface area contributed by atoms with Crippen LogP contribution in [0, 0.1) is 0 Å². The fourth-order valence-corrected chi connectivity index (χ4v) is 3.31. The minimum atomic E-state index is -0.463. The maximum atomic E-state index is 12.4. The molecule has 3 rings (SSSR count). The van der Waals surface area contributed by atoms with Crippen LogP contribution in [0.15, 0.2) is 30.3 Å². The molecule has 1 heterocycles. The molecule has 1 aliphatic rings. The summed E-state index contributed by atoms with van der Waals surface area (Å²) in [6.45, 7) is 0.283. The summed E-state index contributed by atoms with van der Waals surface area (Å²) >= 11 is 6.22. The molecule has 0 saturated carbocycles. The fourth-order valence-electron chi connectivity index (χ4n) is 3.02. The van der Waals surface area contributed by atoms with Crippen LogP contribution in [0.4, 0.5) is 0 Å². The highest BCUT2D eigenvalue weighted by atomic mass is 35.5. The van der Waals surface area contributed by atoms with Gasteiger partial charge in [0.05, 0.1) is 38.5 Å². The number of amides is 1. The number of methoxy groups -OCH3 is 3. The van der Waals surface area contributed by atoms with Crippen molar-refractivity contribution in [3.63, 3.8) is 0 Å². The van der Waals surface area contributed by atoms with Crippen LogP contribution in [0.5, 0.6) is 17.2 Å². The maximum Gasteiger partial charge on any atom is 0.337 e. The van der Waals surface area contributed by atoms with Crippen LogP contribution in [0.2, 0.25) is 5.02 Å². The van der Waals surface area contributed by atoms with Crippen LogP contribution in [0.25, 0.3) is 0 Å². The molecular weight excluding hydrogens is 386 g/mol. The quantitative estimate of drug-likeness (QED) is 0.744. The van der Waals surface area contributed by atoms with Gasteiger partial charge in [-0.15, -0.1) is 0 Å². The predicted molar refractivity (Wildman–Crippen MR) is 103 cm³/mol. The lowest BCUT2D eigenvalue weighted by molar-refractivity contribution is 0.0600. The van der Waals surface area contributed by atoms with Crippen molar-refractivity contribution < 1.29 is 28.5 Å². The Labute approximate surface area is 167 Å². The second kappa shape index (κ2) is 8.39. The summed E-state index contributed by atoms with van der Waals surface area (Å²) in [5.74, 6) is 0.822. The number of hydrogen-bond donors (Lipinski definition) is 1. The summed E-state index contributed by atoms with van der Waals surface area (Å²) < 4.78 is 20.9. The third-order valence-electron chi connectivity index (χ3n) is 4.41. The minimum absolute atomic E-state index is 0.262. The smallest absolute Gasteiger partial charge is 0.337 e. The molecule has 1 atom stereocenters. The average Bonchev–Trinajstić information content (AvgIpc) is 3.14. The monoisotopic (exact) mass is 405 g/mol. The molecule has 148 valence electrons. The molecule has 8 heteroatoms. The van der Waals surface area contributed by atoms with E-state index in [1.165, 1.54) is 27.4 Å². The van der Waals surface area contributed by atoms with Gasteiger partial charge in [-0.1, -0.05) is 11.6 Å². The largest absolute Gasteiger partial charge is 0.493 e. The number of hydrogen-bond acceptors (Lipinski definition) is 6. The Balaban J connectivity index is 1.65. The van der Waals surface area contributed by atoms with E-state index in [1.54, 1.807) is 24.3 Å². The van der Waals surface area contributed by atoms with Crippen molar-refractivity contribution in [2.45, 2.75) is 12.5 Å². The Kier molecular flexibility index (Phi) is 5.94. The van der Waals surface area contributed by atoms with Gasteiger partial charge in [0.15, 0.2) is 11.5 Å². The first kappa shape index (κ1) is 19.8. The van der Waals surface area contributed by atoms with Gasteiger partial charge < -0.3 is 24.3 Å².